The van der Waals surface area contributed by atoms with E-state index >= 15 is 0 Å². The van der Waals surface area contributed by atoms with Gasteiger partial charge >= 0.3 is 0 Å². The molecule has 0 aliphatic heterocycles. The average Bonchev–Trinajstić information content (AvgIpc) is 3.10. The molecule has 1 heterocycles. The van der Waals surface area contributed by atoms with E-state index in [1.807, 2.05) is 31.2 Å². The molecule has 3 rings (SSSR count). The Bertz CT molecular complexity index is 1110. The molecule has 0 saturated carbocycles. The van der Waals surface area contributed by atoms with Crippen LogP contribution in [0.5, 0.6) is 0 Å². The molecule has 1 aromatic heterocycles. The van der Waals surface area contributed by atoms with Crippen LogP contribution in [0.4, 0.5) is 5.69 Å². The van der Waals surface area contributed by atoms with Gasteiger partial charge in [-0.1, -0.05) is 41.1 Å². The second-order valence-electron chi connectivity index (χ2n) is 6.46. The molecular formula is C19H20N4O4S. The quantitative estimate of drug-likeness (QED) is 0.657. The van der Waals surface area contributed by atoms with Gasteiger partial charge < -0.3 is 9.84 Å². The summed E-state index contributed by atoms with van der Waals surface area (Å²) >= 11 is 0. The SMILES string of the molecule is Cc1ccc(-c2noc(CNC(=O)c3ccc(C)c(NS(C)(=O)=O)c3)n2)cc1. The highest BCUT2D eigenvalue weighted by Crippen LogP contribution is 2.19. The van der Waals surface area contributed by atoms with Crippen molar-refractivity contribution in [3.8, 4) is 11.4 Å². The summed E-state index contributed by atoms with van der Waals surface area (Å²) in [5.41, 5.74) is 3.33. The summed E-state index contributed by atoms with van der Waals surface area (Å²) in [5, 5.41) is 6.60. The monoisotopic (exact) mass is 400 g/mol. The highest BCUT2D eigenvalue weighted by molar-refractivity contribution is 7.92. The number of aryl methyl sites for hydroxylation is 2. The topological polar surface area (TPSA) is 114 Å². The minimum absolute atomic E-state index is 0.0560. The van der Waals surface area contributed by atoms with Crippen molar-refractivity contribution in [2.45, 2.75) is 20.4 Å². The van der Waals surface area contributed by atoms with E-state index in [0.717, 1.165) is 17.4 Å². The Kier molecular flexibility index (Phi) is 5.46. The third kappa shape index (κ3) is 4.95. The first kappa shape index (κ1) is 19.6. The number of anilines is 1. The first-order valence-electron chi connectivity index (χ1n) is 8.47. The molecule has 28 heavy (non-hydrogen) atoms. The van der Waals surface area contributed by atoms with Gasteiger partial charge in [0.15, 0.2) is 0 Å². The van der Waals surface area contributed by atoms with Gasteiger partial charge in [0.25, 0.3) is 5.91 Å². The van der Waals surface area contributed by atoms with E-state index in [1.54, 1.807) is 19.1 Å². The third-order valence-corrected chi connectivity index (χ3v) is 4.56. The zero-order valence-electron chi connectivity index (χ0n) is 15.7. The Hall–Kier alpha value is -3.20. The summed E-state index contributed by atoms with van der Waals surface area (Å²) in [6, 6.07) is 12.5. The highest BCUT2D eigenvalue weighted by Gasteiger charge is 2.13. The predicted octanol–water partition coefficient (Wildman–Crippen LogP) is 2.65. The maximum Gasteiger partial charge on any atom is 0.251 e. The number of hydrogen-bond acceptors (Lipinski definition) is 6. The van der Waals surface area contributed by atoms with E-state index in [2.05, 4.69) is 20.2 Å². The fraction of sp³-hybridized carbons (Fsp3) is 0.211. The zero-order valence-corrected chi connectivity index (χ0v) is 16.5. The molecule has 0 fully saturated rings. The van der Waals surface area contributed by atoms with Crippen molar-refractivity contribution < 1.29 is 17.7 Å². The van der Waals surface area contributed by atoms with Crippen LogP contribution in [0.2, 0.25) is 0 Å². The van der Waals surface area contributed by atoms with Gasteiger partial charge in [0.05, 0.1) is 18.5 Å². The van der Waals surface area contributed by atoms with Crippen molar-refractivity contribution in [1.29, 1.82) is 0 Å². The van der Waals surface area contributed by atoms with Crippen LogP contribution in [0, 0.1) is 13.8 Å². The lowest BCUT2D eigenvalue weighted by Crippen LogP contribution is -2.23. The first-order valence-corrected chi connectivity index (χ1v) is 10.4. The van der Waals surface area contributed by atoms with Crippen molar-refractivity contribution in [2.24, 2.45) is 0 Å². The predicted molar refractivity (Wildman–Crippen MR) is 105 cm³/mol. The van der Waals surface area contributed by atoms with Crippen molar-refractivity contribution >= 4 is 21.6 Å². The van der Waals surface area contributed by atoms with Crippen LogP contribution in [-0.2, 0) is 16.6 Å². The highest BCUT2D eigenvalue weighted by atomic mass is 32.2. The summed E-state index contributed by atoms with van der Waals surface area (Å²) in [4.78, 5) is 16.7. The molecule has 0 bridgehead atoms. The van der Waals surface area contributed by atoms with Crippen molar-refractivity contribution in [2.75, 3.05) is 11.0 Å². The van der Waals surface area contributed by atoms with Crippen LogP contribution in [0.3, 0.4) is 0 Å². The van der Waals surface area contributed by atoms with E-state index in [-0.39, 0.29) is 18.3 Å². The van der Waals surface area contributed by atoms with Gasteiger partial charge in [0.2, 0.25) is 21.7 Å². The molecule has 3 aromatic rings. The standard InChI is InChI=1S/C19H20N4O4S/c1-12-4-7-14(8-5-12)18-21-17(27-22-18)11-20-19(24)15-9-6-13(2)16(10-15)23-28(3,25)26/h4-10,23H,11H2,1-3H3,(H,20,24). The number of carbonyl (C=O) groups excluding carboxylic acids is 1. The minimum Gasteiger partial charge on any atom is -0.343 e. The maximum absolute atomic E-state index is 12.4. The number of benzene rings is 2. The summed E-state index contributed by atoms with van der Waals surface area (Å²) in [6.45, 7) is 3.80. The number of hydrogen-bond donors (Lipinski definition) is 2. The Morgan fingerprint density at radius 3 is 2.50 bits per heavy atom. The number of nitrogens with zero attached hydrogens (tertiary/aromatic N) is 2. The lowest BCUT2D eigenvalue weighted by Gasteiger charge is -2.10. The molecule has 0 saturated heterocycles. The van der Waals surface area contributed by atoms with Crippen LogP contribution in [0.25, 0.3) is 11.4 Å². The summed E-state index contributed by atoms with van der Waals surface area (Å²) in [6.07, 6.45) is 1.06. The number of nitrogens with one attached hydrogen (secondary N) is 2. The molecule has 0 radical (unpaired) electrons. The van der Waals surface area contributed by atoms with Crippen LogP contribution in [0.15, 0.2) is 47.0 Å². The smallest absolute Gasteiger partial charge is 0.251 e. The molecule has 0 unspecified atom stereocenters. The van der Waals surface area contributed by atoms with Gasteiger partial charge in [-0.15, -0.1) is 0 Å². The van der Waals surface area contributed by atoms with Gasteiger partial charge in [-0.2, -0.15) is 4.98 Å². The Balaban J connectivity index is 1.68. The van der Waals surface area contributed by atoms with E-state index < -0.39 is 10.0 Å². The van der Waals surface area contributed by atoms with Gasteiger partial charge in [0, 0.05) is 11.1 Å². The molecule has 0 spiro atoms. The minimum atomic E-state index is -3.44. The molecule has 146 valence electrons. The second-order valence-corrected chi connectivity index (χ2v) is 8.21. The maximum atomic E-state index is 12.4. The van der Waals surface area contributed by atoms with E-state index in [9.17, 15) is 13.2 Å². The van der Waals surface area contributed by atoms with Gasteiger partial charge in [0.1, 0.15) is 0 Å². The Labute approximate surface area is 163 Å². The first-order chi connectivity index (χ1) is 13.2. The van der Waals surface area contributed by atoms with Crippen LogP contribution >= 0.6 is 0 Å². The summed E-state index contributed by atoms with van der Waals surface area (Å²) in [5.74, 6) is 0.330. The fourth-order valence-electron chi connectivity index (χ4n) is 2.48. The van der Waals surface area contributed by atoms with Crippen LogP contribution in [0.1, 0.15) is 27.4 Å². The molecule has 8 nitrogen and oxygen atoms in total. The molecule has 1 amide bonds. The number of aromatic nitrogens is 2. The van der Waals surface area contributed by atoms with Gasteiger partial charge in [-0.3, -0.25) is 9.52 Å². The molecule has 0 aliphatic carbocycles. The van der Waals surface area contributed by atoms with Crippen LogP contribution in [-0.4, -0.2) is 30.7 Å². The molecular weight excluding hydrogens is 380 g/mol. The van der Waals surface area contributed by atoms with E-state index in [0.29, 0.717) is 22.6 Å². The molecule has 2 aromatic carbocycles. The van der Waals surface area contributed by atoms with Crippen molar-refractivity contribution in [3.05, 3.63) is 65.0 Å². The van der Waals surface area contributed by atoms with Gasteiger partial charge in [-0.05, 0) is 31.5 Å². The second kappa shape index (κ2) is 7.81. The molecule has 2 N–H and O–H groups in total. The third-order valence-electron chi connectivity index (χ3n) is 3.97. The van der Waals surface area contributed by atoms with Crippen molar-refractivity contribution in [3.63, 3.8) is 0 Å². The average molecular weight is 400 g/mol. The Morgan fingerprint density at radius 2 is 1.82 bits per heavy atom. The van der Waals surface area contributed by atoms with Crippen molar-refractivity contribution in [1.82, 2.24) is 15.5 Å². The van der Waals surface area contributed by atoms with Gasteiger partial charge in [-0.25, -0.2) is 8.42 Å². The molecule has 9 heteroatoms. The number of carbonyl (C=O) groups is 1. The largest absolute Gasteiger partial charge is 0.343 e. The fourth-order valence-corrected chi connectivity index (χ4v) is 3.10. The number of sulfonamides is 1. The normalized spacial score (nSPS) is 11.2. The van der Waals surface area contributed by atoms with Crippen LogP contribution < -0.4 is 10.0 Å². The van der Waals surface area contributed by atoms with E-state index in [1.165, 1.54) is 6.07 Å². The number of amides is 1. The lowest BCUT2D eigenvalue weighted by atomic mass is 10.1. The molecule has 0 atom stereocenters. The van der Waals surface area contributed by atoms with E-state index in [4.69, 9.17) is 4.52 Å². The zero-order chi connectivity index (χ0) is 20.3. The Morgan fingerprint density at radius 1 is 1.11 bits per heavy atom. The summed E-state index contributed by atoms with van der Waals surface area (Å²) in [7, 11) is -3.44. The lowest BCUT2D eigenvalue weighted by molar-refractivity contribution is 0.0946. The molecule has 0 aliphatic rings. The summed E-state index contributed by atoms with van der Waals surface area (Å²) < 4.78 is 30.5. The number of rotatable bonds is 6.